The van der Waals surface area contributed by atoms with Gasteiger partial charge in [-0.1, -0.05) is 0 Å². The Morgan fingerprint density at radius 2 is 1.94 bits per heavy atom. The lowest BCUT2D eigenvalue weighted by atomic mass is 10.2. The monoisotopic (exact) mass is 282 g/mol. The van der Waals surface area contributed by atoms with Crippen LogP contribution in [0.4, 0.5) is 0 Å². The number of imidazole rings is 1. The third-order valence-corrected chi connectivity index (χ3v) is 2.83. The number of benzene rings is 1. The molecular formula is C11H11BrN2O2. The minimum atomic E-state index is 0.695. The van der Waals surface area contributed by atoms with E-state index in [0.717, 1.165) is 10.4 Å². The molecule has 2 aromatic rings. The summed E-state index contributed by atoms with van der Waals surface area (Å²) in [7, 11) is 3.23. The lowest BCUT2D eigenvalue weighted by Gasteiger charge is -2.10. The third-order valence-electron chi connectivity index (χ3n) is 2.24. The summed E-state index contributed by atoms with van der Waals surface area (Å²) in [6.45, 7) is 0. The number of rotatable bonds is 3. The molecule has 0 radical (unpaired) electrons. The van der Waals surface area contributed by atoms with E-state index in [1.54, 1.807) is 20.4 Å². The van der Waals surface area contributed by atoms with Gasteiger partial charge in [-0.15, -0.1) is 0 Å². The largest absolute Gasteiger partial charge is 0.493 e. The van der Waals surface area contributed by atoms with Crippen LogP contribution in [0.1, 0.15) is 0 Å². The first-order valence-corrected chi connectivity index (χ1v) is 5.47. The Balaban J connectivity index is 2.48. The number of aromatic nitrogens is 2. The fourth-order valence-corrected chi connectivity index (χ4v) is 1.89. The Bertz CT molecular complexity index is 496. The molecule has 0 aliphatic rings. The molecule has 0 saturated heterocycles. The maximum atomic E-state index is 5.24. The zero-order valence-corrected chi connectivity index (χ0v) is 10.6. The van der Waals surface area contributed by atoms with E-state index in [2.05, 4.69) is 20.9 Å². The number of hydrogen-bond acceptors (Lipinski definition) is 3. The van der Waals surface area contributed by atoms with Gasteiger partial charge in [-0.05, 0) is 28.1 Å². The Morgan fingerprint density at radius 3 is 2.50 bits per heavy atom. The SMILES string of the molecule is COc1ccc(-n2ccnc2Br)cc1OC. The van der Waals surface area contributed by atoms with Crippen LogP contribution in [0, 0.1) is 0 Å². The van der Waals surface area contributed by atoms with Gasteiger partial charge in [0.05, 0.1) is 19.9 Å². The molecule has 0 aliphatic heterocycles. The second kappa shape index (κ2) is 4.57. The maximum Gasteiger partial charge on any atom is 0.181 e. The fourth-order valence-electron chi connectivity index (χ4n) is 1.45. The molecule has 0 unspecified atom stereocenters. The van der Waals surface area contributed by atoms with E-state index in [1.165, 1.54) is 0 Å². The highest BCUT2D eigenvalue weighted by molar-refractivity contribution is 9.10. The van der Waals surface area contributed by atoms with Crippen molar-refractivity contribution in [2.45, 2.75) is 0 Å². The molecule has 1 heterocycles. The molecule has 5 heteroatoms. The zero-order valence-electron chi connectivity index (χ0n) is 8.98. The quantitative estimate of drug-likeness (QED) is 0.868. The van der Waals surface area contributed by atoms with Crippen LogP contribution in [0.25, 0.3) is 5.69 Å². The van der Waals surface area contributed by atoms with E-state index in [9.17, 15) is 0 Å². The van der Waals surface area contributed by atoms with Crippen LogP contribution in [0.3, 0.4) is 0 Å². The highest BCUT2D eigenvalue weighted by Gasteiger charge is 2.07. The van der Waals surface area contributed by atoms with Crippen molar-refractivity contribution in [2.75, 3.05) is 14.2 Å². The normalized spacial score (nSPS) is 10.2. The predicted octanol–water partition coefficient (Wildman–Crippen LogP) is 2.65. The van der Waals surface area contributed by atoms with Gasteiger partial charge >= 0.3 is 0 Å². The summed E-state index contributed by atoms with van der Waals surface area (Å²) >= 11 is 3.36. The molecule has 2 rings (SSSR count). The van der Waals surface area contributed by atoms with Crippen LogP contribution < -0.4 is 9.47 Å². The Labute approximate surface area is 102 Å². The van der Waals surface area contributed by atoms with Gasteiger partial charge in [-0.2, -0.15) is 0 Å². The summed E-state index contributed by atoms with van der Waals surface area (Å²) < 4.78 is 13.1. The van der Waals surface area contributed by atoms with Crippen LogP contribution in [-0.2, 0) is 0 Å². The molecule has 0 fully saturated rings. The van der Waals surface area contributed by atoms with Crippen molar-refractivity contribution >= 4 is 15.9 Å². The van der Waals surface area contributed by atoms with Gasteiger partial charge in [0.2, 0.25) is 0 Å². The second-order valence-electron chi connectivity index (χ2n) is 3.11. The first-order chi connectivity index (χ1) is 7.76. The highest BCUT2D eigenvalue weighted by atomic mass is 79.9. The van der Waals surface area contributed by atoms with E-state index >= 15 is 0 Å². The molecule has 0 saturated carbocycles. The van der Waals surface area contributed by atoms with Gasteiger partial charge in [-0.3, -0.25) is 4.57 Å². The molecule has 0 atom stereocenters. The van der Waals surface area contributed by atoms with Crippen molar-refractivity contribution in [3.63, 3.8) is 0 Å². The van der Waals surface area contributed by atoms with Crippen molar-refractivity contribution in [1.29, 1.82) is 0 Å². The molecule has 1 aromatic carbocycles. The third kappa shape index (κ3) is 1.90. The van der Waals surface area contributed by atoms with E-state index < -0.39 is 0 Å². The van der Waals surface area contributed by atoms with Crippen molar-refractivity contribution in [2.24, 2.45) is 0 Å². The van der Waals surface area contributed by atoms with Gasteiger partial charge < -0.3 is 9.47 Å². The molecule has 0 bridgehead atoms. The molecule has 0 spiro atoms. The molecule has 84 valence electrons. The van der Waals surface area contributed by atoms with Crippen LogP contribution in [0.2, 0.25) is 0 Å². The minimum Gasteiger partial charge on any atom is -0.493 e. The molecule has 0 N–H and O–H groups in total. The molecule has 16 heavy (non-hydrogen) atoms. The average Bonchev–Trinajstić information content (AvgIpc) is 2.74. The van der Waals surface area contributed by atoms with Gasteiger partial charge in [-0.25, -0.2) is 4.98 Å². The number of methoxy groups -OCH3 is 2. The molecule has 1 aromatic heterocycles. The van der Waals surface area contributed by atoms with Crippen molar-refractivity contribution < 1.29 is 9.47 Å². The first-order valence-electron chi connectivity index (χ1n) is 4.67. The standard InChI is InChI=1S/C11H11BrN2O2/c1-15-9-4-3-8(7-10(9)16-2)14-6-5-13-11(14)12/h3-7H,1-2H3. The lowest BCUT2D eigenvalue weighted by molar-refractivity contribution is 0.355. The van der Waals surface area contributed by atoms with E-state index in [1.807, 2.05) is 29.0 Å². The molecule has 4 nitrogen and oxygen atoms in total. The summed E-state index contributed by atoms with van der Waals surface area (Å²) in [5.74, 6) is 1.41. The summed E-state index contributed by atoms with van der Waals surface area (Å²) in [5, 5.41) is 0. The summed E-state index contributed by atoms with van der Waals surface area (Å²) in [4.78, 5) is 4.10. The Morgan fingerprint density at radius 1 is 1.19 bits per heavy atom. The second-order valence-corrected chi connectivity index (χ2v) is 3.81. The topological polar surface area (TPSA) is 36.3 Å². The summed E-state index contributed by atoms with van der Waals surface area (Å²) in [5.41, 5.74) is 0.960. The summed E-state index contributed by atoms with van der Waals surface area (Å²) in [6, 6.07) is 5.69. The van der Waals surface area contributed by atoms with Gasteiger partial charge in [0.1, 0.15) is 0 Å². The van der Waals surface area contributed by atoms with E-state index in [4.69, 9.17) is 9.47 Å². The highest BCUT2D eigenvalue weighted by Crippen LogP contribution is 2.29. The van der Waals surface area contributed by atoms with Crippen LogP contribution in [0.15, 0.2) is 35.3 Å². The van der Waals surface area contributed by atoms with Crippen LogP contribution in [0.5, 0.6) is 11.5 Å². The first kappa shape index (κ1) is 11.0. The van der Waals surface area contributed by atoms with E-state index in [0.29, 0.717) is 11.5 Å². The van der Waals surface area contributed by atoms with Crippen molar-refractivity contribution in [3.8, 4) is 17.2 Å². The van der Waals surface area contributed by atoms with Gasteiger partial charge in [0.15, 0.2) is 16.2 Å². The van der Waals surface area contributed by atoms with Crippen molar-refractivity contribution in [3.05, 3.63) is 35.3 Å². The fraction of sp³-hybridized carbons (Fsp3) is 0.182. The predicted molar refractivity (Wildman–Crippen MR) is 64.4 cm³/mol. The molecule has 0 aliphatic carbocycles. The van der Waals surface area contributed by atoms with Crippen LogP contribution in [-0.4, -0.2) is 23.8 Å². The van der Waals surface area contributed by atoms with E-state index in [-0.39, 0.29) is 0 Å². The Kier molecular flexibility index (Phi) is 3.14. The minimum absolute atomic E-state index is 0.695. The average molecular weight is 283 g/mol. The maximum absolute atomic E-state index is 5.24. The number of nitrogens with zero attached hydrogens (tertiary/aromatic N) is 2. The smallest absolute Gasteiger partial charge is 0.181 e. The van der Waals surface area contributed by atoms with Crippen LogP contribution >= 0.6 is 15.9 Å². The van der Waals surface area contributed by atoms with Gasteiger partial charge in [0, 0.05) is 18.5 Å². The zero-order chi connectivity index (χ0) is 11.5. The van der Waals surface area contributed by atoms with Gasteiger partial charge in [0.25, 0.3) is 0 Å². The number of ether oxygens (including phenoxy) is 2. The summed E-state index contributed by atoms with van der Waals surface area (Å²) in [6.07, 6.45) is 3.59. The number of hydrogen-bond donors (Lipinski definition) is 0. The van der Waals surface area contributed by atoms with Crippen molar-refractivity contribution in [1.82, 2.24) is 9.55 Å². The Hall–Kier alpha value is -1.49. The number of halogens is 1. The lowest BCUT2D eigenvalue weighted by Crippen LogP contribution is -1.96. The molecule has 0 amide bonds. The molecular weight excluding hydrogens is 272 g/mol.